The summed E-state index contributed by atoms with van der Waals surface area (Å²) in [7, 11) is -3.67. The largest absolute Gasteiger partial charge is 0.369 e. The van der Waals surface area contributed by atoms with Gasteiger partial charge in [-0.3, -0.25) is 9.98 Å². The Morgan fingerprint density at radius 3 is 2.72 bits per heavy atom. The van der Waals surface area contributed by atoms with Crippen LogP contribution in [0.4, 0.5) is 11.5 Å². The van der Waals surface area contributed by atoms with E-state index in [0.29, 0.717) is 31.2 Å². The van der Waals surface area contributed by atoms with Crippen LogP contribution in [0.5, 0.6) is 0 Å². The van der Waals surface area contributed by atoms with Crippen molar-refractivity contribution in [1.82, 2.24) is 14.3 Å². The van der Waals surface area contributed by atoms with Crippen molar-refractivity contribution in [3.8, 4) is 0 Å². The monoisotopic (exact) mass is 448 g/mol. The standard InChI is InChI=1S/C23H24N6O2S/c30-32(31,19-9-4-12-24-16-19)29-14-6-11-23(17-29)22(26-15-18-7-2-1-3-8-18)27-21-20(28-23)10-5-13-25-21/h1-5,7-10,12-13,16,28H,6,11,14-15,17H2,(H,25,26,27)/t23-/m0/s1. The number of aliphatic imine (C=N–C) groups is 1. The number of anilines is 2. The van der Waals surface area contributed by atoms with Gasteiger partial charge in [0.25, 0.3) is 0 Å². The fraction of sp³-hybridized carbons (Fsp3) is 0.261. The first-order valence-corrected chi connectivity index (χ1v) is 12.0. The van der Waals surface area contributed by atoms with Gasteiger partial charge in [-0.2, -0.15) is 4.31 Å². The van der Waals surface area contributed by atoms with Gasteiger partial charge in [0.1, 0.15) is 16.3 Å². The summed E-state index contributed by atoms with van der Waals surface area (Å²) in [6.07, 6.45) is 6.14. The number of hydrogen-bond acceptors (Lipinski definition) is 6. The lowest BCUT2D eigenvalue weighted by atomic mass is 9.86. The average molecular weight is 449 g/mol. The van der Waals surface area contributed by atoms with Gasteiger partial charge in [0, 0.05) is 31.7 Å². The Labute approximate surface area is 187 Å². The van der Waals surface area contributed by atoms with Crippen LogP contribution in [0.1, 0.15) is 18.4 Å². The number of amidine groups is 1. The molecule has 0 saturated carbocycles. The first-order valence-electron chi connectivity index (χ1n) is 10.6. The highest BCUT2D eigenvalue weighted by atomic mass is 32.2. The lowest BCUT2D eigenvalue weighted by molar-refractivity contribution is 0.293. The number of aromatic nitrogens is 2. The molecule has 2 N–H and O–H groups in total. The van der Waals surface area contributed by atoms with Crippen LogP contribution in [-0.4, -0.2) is 47.2 Å². The number of hydrogen-bond donors (Lipinski definition) is 2. The maximum Gasteiger partial charge on any atom is 0.244 e. The lowest BCUT2D eigenvalue weighted by Crippen LogP contribution is -2.62. The molecule has 1 spiro atoms. The van der Waals surface area contributed by atoms with Crippen LogP contribution < -0.4 is 10.6 Å². The van der Waals surface area contributed by atoms with Crippen LogP contribution in [0.25, 0.3) is 0 Å². The third-order valence-corrected chi connectivity index (χ3v) is 7.69. The van der Waals surface area contributed by atoms with Gasteiger partial charge in [0.15, 0.2) is 5.82 Å². The lowest BCUT2D eigenvalue weighted by Gasteiger charge is -2.46. The molecule has 0 aliphatic carbocycles. The van der Waals surface area contributed by atoms with Crippen LogP contribution in [0.3, 0.4) is 0 Å². The minimum Gasteiger partial charge on any atom is -0.369 e. The molecule has 1 saturated heterocycles. The SMILES string of the molecule is O=S(=O)(c1cccnc1)N1CCC[C@@]2(C1)Nc1cccnc1NC2=NCc1ccccc1. The number of pyridine rings is 2. The van der Waals surface area contributed by atoms with Crippen LogP contribution >= 0.6 is 0 Å². The number of fused-ring (bicyclic) bond motifs is 1. The van der Waals surface area contributed by atoms with E-state index in [1.807, 2.05) is 42.5 Å². The zero-order chi connectivity index (χ0) is 22.0. The topological polar surface area (TPSA) is 99.6 Å². The number of sulfonamides is 1. The third kappa shape index (κ3) is 3.85. The summed E-state index contributed by atoms with van der Waals surface area (Å²) in [6.45, 7) is 1.20. The van der Waals surface area contributed by atoms with E-state index in [-0.39, 0.29) is 11.4 Å². The van der Waals surface area contributed by atoms with Gasteiger partial charge in [-0.05, 0) is 42.7 Å². The highest BCUT2D eigenvalue weighted by Gasteiger charge is 2.46. The summed E-state index contributed by atoms with van der Waals surface area (Å²) < 4.78 is 28.2. The first-order chi connectivity index (χ1) is 15.6. The molecular weight excluding hydrogens is 424 g/mol. The fourth-order valence-corrected chi connectivity index (χ4v) is 5.77. The average Bonchev–Trinajstić information content (AvgIpc) is 2.84. The van der Waals surface area contributed by atoms with E-state index in [1.165, 1.54) is 10.5 Å². The van der Waals surface area contributed by atoms with Crippen molar-refractivity contribution in [1.29, 1.82) is 0 Å². The molecule has 5 rings (SSSR count). The van der Waals surface area contributed by atoms with E-state index < -0.39 is 15.6 Å². The fourth-order valence-electron chi connectivity index (χ4n) is 4.26. The second kappa shape index (κ2) is 8.33. The molecule has 1 atom stereocenters. The maximum absolute atomic E-state index is 13.3. The molecule has 0 unspecified atom stereocenters. The van der Waals surface area contributed by atoms with Crippen molar-refractivity contribution < 1.29 is 8.42 Å². The molecule has 8 nitrogen and oxygen atoms in total. The van der Waals surface area contributed by atoms with Crippen molar-refractivity contribution in [2.24, 2.45) is 4.99 Å². The molecule has 9 heteroatoms. The molecule has 0 amide bonds. The van der Waals surface area contributed by atoms with Crippen LogP contribution in [-0.2, 0) is 16.6 Å². The molecule has 1 aromatic carbocycles. The zero-order valence-electron chi connectivity index (χ0n) is 17.5. The van der Waals surface area contributed by atoms with Crippen molar-refractivity contribution in [2.75, 3.05) is 23.7 Å². The Bertz CT molecular complexity index is 1230. The normalized spacial score (nSPS) is 22.2. The van der Waals surface area contributed by atoms with Gasteiger partial charge in [0.2, 0.25) is 10.0 Å². The molecule has 1 fully saturated rings. The molecule has 32 heavy (non-hydrogen) atoms. The van der Waals surface area contributed by atoms with Gasteiger partial charge >= 0.3 is 0 Å². The van der Waals surface area contributed by atoms with Gasteiger partial charge in [-0.25, -0.2) is 13.4 Å². The Balaban J connectivity index is 1.51. The van der Waals surface area contributed by atoms with Crippen molar-refractivity contribution in [3.05, 3.63) is 78.8 Å². The predicted octanol–water partition coefficient (Wildman–Crippen LogP) is 3.14. The Kier molecular flexibility index (Phi) is 5.36. The summed E-state index contributed by atoms with van der Waals surface area (Å²) >= 11 is 0. The van der Waals surface area contributed by atoms with E-state index >= 15 is 0 Å². The summed E-state index contributed by atoms with van der Waals surface area (Å²) in [6, 6.07) is 17.0. The van der Waals surface area contributed by atoms with E-state index in [0.717, 1.165) is 17.7 Å². The highest BCUT2D eigenvalue weighted by Crippen LogP contribution is 2.36. The van der Waals surface area contributed by atoms with Gasteiger partial charge in [-0.15, -0.1) is 0 Å². The molecule has 4 heterocycles. The minimum absolute atomic E-state index is 0.200. The van der Waals surface area contributed by atoms with Gasteiger partial charge in [-0.1, -0.05) is 30.3 Å². The molecule has 164 valence electrons. The molecule has 2 aliphatic rings. The number of benzene rings is 1. The second-order valence-corrected chi connectivity index (χ2v) is 9.95. The van der Waals surface area contributed by atoms with E-state index in [1.54, 1.807) is 24.5 Å². The molecule has 0 bridgehead atoms. The number of rotatable bonds is 4. The second-order valence-electron chi connectivity index (χ2n) is 8.01. The van der Waals surface area contributed by atoms with Crippen LogP contribution in [0.2, 0.25) is 0 Å². The first kappa shape index (κ1) is 20.6. The molecule has 2 aromatic heterocycles. The Hall–Kier alpha value is -3.30. The van der Waals surface area contributed by atoms with Crippen molar-refractivity contribution in [2.45, 2.75) is 29.8 Å². The summed E-state index contributed by atoms with van der Waals surface area (Å²) in [5, 5.41) is 6.96. The number of nitrogens with zero attached hydrogens (tertiary/aromatic N) is 4. The molecular formula is C23H24N6O2S. The summed E-state index contributed by atoms with van der Waals surface area (Å²) in [5.41, 5.74) is 1.25. The van der Waals surface area contributed by atoms with E-state index in [9.17, 15) is 8.42 Å². The molecule has 0 radical (unpaired) electrons. The van der Waals surface area contributed by atoms with Gasteiger partial charge in [0.05, 0.1) is 12.2 Å². The van der Waals surface area contributed by atoms with Crippen LogP contribution in [0.15, 0.2) is 83.1 Å². The molecule has 3 aromatic rings. The Morgan fingerprint density at radius 2 is 1.91 bits per heavy atom. The summed E-state index contributed by atoms with van der Waals surface area (Å²) in [5.74, 6) is 1.40. The van der Waals surface area contributed by atoms with E-state index in [4.69, 9.17) is 4.99 Å². The smallest absolute Gasteiger partial charge is 0.244 e. The molecule has 2 aliphatic heterocycles. The predicted molar refractivity (Wildman–Crippen MR) is 124 cm³/mol. The number of piperidine rings is 1. The Morgan fingerprint density at radius 1 is 1.06 bits per heavy atom. The zero-order valence-corrected chi connectivity index (χ0v) is 18.3. The van der Waals surface area contributed by atoms with E-state index in [2.05, 4.69) is 20.6 Å². The third-order valence-electron chi connectivity index (χ3n) is 5.86. The van der Waals surface area contributed by atoms with Crippen molar-refractivity contribution >= 4 is 27.4 Å². The highest BCUT2D eigenvalue weighted by molar-refractivity contribution is 7.89. The minimum atomic E-state index is -3.67. The maximum atomic E-state index is 13.3. The van der Waals surface area contributed by atoms with Crippen LogP contribution in [0, 0.1) is 0 Å². The number of nitrogens with one attached hydrogen (secondary N) is 2. The summed E-state index contributed by atoms with van der Waals surface area (Å²) in [4.78, 5) is 13.5. The van der Waals surface area contributed by atoms with Gasteiger partial charge < -0.3 is 10.6 Å². The quantitative estimate of drug-likeness (QED) is 0.636. The van der Waals surface area contributed by atoms with Crippen molar-refractivity contribution in [3.63, 3.8) is 0 Å².